The van der Waals surface area contributed by atoms with E-state index in [9.17, 15) is 75.3 Å². The van der Waals surface area contributed by atoms with Crippen LogP contribution in [0, 0.1) is 156 Å². The van der Waals surface area contributed by atoms with Gasteiger partial charge in [0.05, 0.1) is 7.11 Å². The van der Waals surface area contributed by atoms with Crippen LogP contribution in [-0.4, -0.2) is 114 Å². The predicted molar refractivity (Wildman–Crippen MR) is 545 cm³/mol. The number of carbonyl (C=O) groups excluding carboxylic acids is 1. The summed E-state index contributed by atoms with van der Waals surface area (Å²) in [6, 6.07) is 47.1. The third-order valence-electron chi connectivity index (χ3n) is 31.2. The average molecular weight is 1900 g/mol. The van der Waals surface area contributed by atoms with E-state index in [4.69, 9.17) is 23.7 Å². The molecule has 0 saturated heterocycles. The van der Waals surface area contributed by atoms with Gasteiger partial charge in [-0.3, -0.25) is 0 Å². The van der Waals surface area contributed by atoms with Crippen LogP contribution in [0.3, 0.4) is 0 Å². The van der Waals surface area contributed by atoms with Crippen LogP contribution in [0.5, 0.6) is 69.0 Å². The number of hydrogen-bond acceptors (Lipinski definition) is 17. The zero-order chi connectivity index (χ0) is 102. The minimum Gasteiger partial charge on any atom is -0.508 e. The molecule has 12 aromatic carbocycles. The Morgan fingerprint density at radius 3 is 0.593 bits per heavy atom. The van der Waals surface area contributed by atoms with Gasteiger partial charge in [0.25, 0.3) is 0 Å². The Hall–Kier alpha value is -13.9. The van der Waals surface area contributed by atoms with E-state index in [0.717, 1.165) is 111 Å². The summed E-state index contributed by atoms with van der Waals surface area (Å²) in [5, 5.41) is 124. The number of carbonyl (C=O) groups is 4. The van der Waals surface area contributed by atoms with Gasteiger partial charge < -0.3 is 79.9 Å². The molecule has 12 aromatic rings. The van der Waals surface area contributed by atoms with E-state index in [0.29, 0.717) is 163 Å². The summed E-state index contributed by atoms with van der Waals surface area (Å²) in [7, 11) is 1.31. The summed E-state index contributed by atoms with van der Waals surface area (Å²) in [6.07, 6.45) is 4.82. The van der Waals surface area contributed by atoms with Gasteiger partial charge >= 0.3 is 23.9 Å². The fourth-order valence-electron chi connectivity index (χ4n) is 23.2. The number of esters is 1. The summed E-state index contributed by atoms with van der Waals surface area (Å²) in [6.45, 7) is 40.5. The smallest absolute Gasteiger partial charge is 0.343 e. The van der Waals surface area contributed by atoms with Crippen LogP contribution in [-0.2, 0) is 34.7 Å². The molecule has 0 aliphatic heterocycles. The van der Waals surface area contributed by atoms with Gasteiger partial charge in [0, 0.05) is 56.8 Å². The first-order chi connectivity index (χ1) is 66.0. The van der Waals surface area contributed by atoms with Gasteiger partial charge in [-0.1, -0.05) is 111 Å². The maximum atomic E-state index is 13.6. The molecule has 2 aliphatic carbocycles. The number of rotatable bonds is 30. The number of carboxylic acid groups (broad SMARTS) is 3. The Balaban J connectivity index is 1.01. The predicted octanol–water partition coefficient (Wildman–Crippen LogP) is 24.8. The van der Waals surface area contributed by atoms with E-state index < -0.39 is 90.2 Å². The first-order valence-electron chi connectivity index (χ1n) is 48.2. The molecule has 2 fully saturated rings. The minimum absolute atomic E-state index is 0.0331. The third kappa shape index (κ3) is 19.8. The van der Waals surface area contributed by atoms with Gasteiger partial charge in [0.2, 0.25) is 0 Å². The second-order valence-electron chi connectivity index (χ2n) is 41.0. The highest BCUT2D eigenvalue weighted by Crippen LogP contribution is 2.62. The van der Waals surface area contributed by atoms with Crippen molar-refractivity contribution in [2.45, 2.75) is 238 Å². The number of aryl methyl sites for hydroxylation is 20. The maximum Gasteiger partial charge on any atom is 0.343 e. The molecule has 0 heterocycles. The quantitative estimate of drug-likeness (QED) is 0.0147. The van der Waals surface area contributed by atoms with E-state index in [1.54, 1.807) is 48.5 Å². The Bertz CT molecular complexity index is 6500. The van der Waals surface area contributed by atoms with Crippen LogP contribution >= 0.6 is 0 Å². The number of benzene rings is 12. The largest absolute Gasteiger partial charge is 0.508 e. The summed E-state index contributed by atoms with van der Waals surface area (Å²) in [5.74, 6) is -4.60. The van der Waals surface area contributed by atoms with Crippen molar-refractivity contribution in [2.75, 3.05) is 33.5 Å². The zero-order valence-corrected chi connectivity index (χ0v) is 84.9. The zero-order valence-electron chi connectivity index (χ0n) is 84.9. The monoisotopic (exact) mass is 1890 g/mol. The van der Waals surface area contributed by atoms with Gasteiger partial charge in [0.1, 0.15) is 69.0 Å². The van der Waals surface area contributed by atoms with E-state index in [1.165, 1.54) is 7.11 Å². The van der Waals surface area contributed by atoms with Gasteiger partial charge in [-0.2, -0.15) is 0 Å². The molecule has 20 heteroatoms. The molecule has 0 spiro atoms. The van der Waals surface area contributed by atoms with Crippen molar-refractivity contribution in [3.8, 4) is 69.0 Å². The Labute approximate surface area is 822 Å². The van der Waals surface area contributed by atoms with Crippen LogP contribution in [0.25, 0.3) is 0 Å². The highest BCUT2D eigenvalue weighted by atomic mass is 16.6. The lowest BCUT2D eigenvalue weighted by Gasteiger charge is -2.52. The Kier molecular flexibility index (Phi) is 29.3. The normalized spacial score (nSPS) is 15.1. The molecular weight excluding hydrogens is 1760 g/mol. The van der Waals surface area contributed by atoms with Crippen molar-refractivity contribution in [3.63, 3.8) is 0 Å². The van der Waals surface area contributed by atoms with Crippen LogP contribution in [0.1, 0.15) is 289 Å². The van der Waals surface area contributed by atoms with Crippen molar-refractivity contribution in [2.24, 2.45) is 17.3 Å². The Morgan fingerprint density at radius 2 is 0.429 bits per heavy atom. The number of phenolic OH excluding ortho intramolecular Hbond substituents is 8. The molecule has 2 aliphatic rings. The highest BCUT2D eigenvalue weighted by Gasteiger charge is 2.51. The molecular formula is C120H134O20. The van der Waals surface area contributed by atoms with Crippen molar-refractivity contribution in [1.29, 1.82) is 0 Å². The Morgan fingerprint density at radius 1 is 0.257 bits per heavy atom. The van der Waals surface area contributed by atoms with E-state index in [-0.39, 0.29) is 57.8 Å². The number of hydrogen-bond donors (Lipinski definition) is 11. The van der Waals surface area contributed by atoms with E-state index >= 15 is 0 Å². The van der Waals surface area contributed by atoms with Gasteiger partial charge in [-0.25, -0.2) is 19.2 Å². The highest BCUT2D eigenvalue weighted by molar-refractivity contribution is 5.74. The van der Waals surface area contributed by atoms with Crippen molar-refractivity contribution < 1.29 is 99.0 Å². The number of aromatic hydroxyl groups is 8. The average Bonchev–Trinajstić information content (AvgIpc) is 0.724. The molecule has 734 valence electrons. The molecule has 2 saturated carbocycles. The molecule has 11 N–H and O–H groups in total. The lowest BCUT2D eigenvalue weighted by atomic mass is 9.52. The van der Waals surface area contributed by atoms with Crippen LogP contribution in [0.4, 0.5) is 0 Å². The van der Waals surface area contributed by atoms with E-state index in [1.807, 2.05) is 187 Å². The molecule has 14 rings (SSSR count). The van der Waals surface area contributed by atoms with Crippen molar-refractivity contribution >= 4 is 23.9 Å². The number of phenols is 8. The SMILES string of the molecule is COC(=O)COc1c(C)cc(C2(c3cc(C)c(OCC(=O)O)c(C(c4cc(C)c(O)cc4C)c4cc(C)c(O)cc4C)c3)CCC(C(C)(C)C3CCC(c4cc(C)c(OCC(=O)O)c(C(c5cc(C)c(O)cc5C)c5cc(C)c(O)cc5C)c4)(c4cc(C)c(OCC(=O)O)c(C(c5cc(C)c(O)cc5C)c5cc(C)c(O)cc5C)c4)CC3)CC2)cc1C(c1cc(C)c(O)cc1C)c1cc(C)c(O)cc1C. The second kappa shape index (κ2) is 40.1. The van der Waals surface area contributed by atoms with Crippen LogP contribution in [0.15, 0.2) is 146 Å². The first-order valence-corrected chi connectivity index (χ1v) is 48.2. The standard InChI is InChI=1S/C120H134O20/c1-60-44-98(121)68(9)36-86(60)110(87-37-69(10)99(122)45-61(87)2)94-52-82(32-76(17)114(94)137-56-106(129)130)119(83-33-77(18)115(138-57-107(131)132)95(53-83)111(88-38-70(11)100(123)46-62(88)3)89-39-71(12)101(124)47-63(89)4)28-24-80(25-29-119)118(21,22)81-26-30-120(31-27-81,84-34-78(19)116(139-58-108(133)134)96(54-84)112(90-40-72(13)102(125)48-64(90)5)91-41-73(14)103(126)49-65(91)6)85-35-79(20)117(140-59-109(135)136-23)97(55-85)113(92-42-74(15)104(127)50-66(92)7)93-43-75(16)105(128)51-67(93)8/h32-55,80-81,110-113,121-128H,24-31,56-59H2,1-23H3,(H,129,130)(H,131,132)(H,133,134). The molecule has 140 heavy (non-hydrogen) atoms. The maximum absolute atomic E-state index is 13.6. The van der Waals surface area contributed by atoms with Gasteiger partial charge in [-0.15, -0.1) is 0 Å². The first kappa shape index (κ1) is 102. The van der Waals surface area contributed by atoms with Gasteiger partial charge in [-0.05, 0) is 434 Å². The molecule has 0 radical (unpaired) electrons. The summed E-state index contributed by atoms with van der Waals surface area (Å²) < 4.78 is 32.1. The number of ether oxygens (including phenoxy) is 5. The summed E-state index contributed by atoms with van der Waals surface area (Å²) in [5.41, 5.74) is 24.0. The topological polar surface area (TPSA) is 337 Å². The lowest BCUT2D eigenvalue weighted by Crippen LogP contribution is -2.43. The van der Waals surface area contributed by atoms with Crippen molar-refractivity contribution in [3.05, 3.63) is 346 Å². The van der Waals surface area contributed by atoms with Crippen LogP contribution in [0.2, 0.25) is 0 Å². The molecule has 20 nitrogen and oxygen atoms in total. The number of aliphatic carboxylic acids is 3. The molecule has 0 atom stereocenters. The second-order valence-corrected chi connectivity index (χ2v) is 41.0. The van der Waals surface area contributed by atoms with Crippen LogP contribution < -0.4 is 18.9 Å². The molecule has 0 unspecified atom stereocenters. The van der Waals surface area contributed by atoms with E-state index in [2.05, 4.69) is 62.4 Å². The van der Waals surface area contributed by atoms with Gasteiger partial charge in [0.15, 0.2) is 26.4 Å². The van der Waals surface area contributed by atoms with Crippen molar-refractivity contribution in [1.82, 2.24) is 0 Å². The third-order valence-corrected chi connectivity index (χ3v) is 31.2. The lowest BCUT2D eigenvalue weighted by molar-refractivity contribution is -0.143. The summed E-state index contributed by atoms with van der Waals surface area (Å²) in [4.78, 5) is 52.7. The fourth-order valence-corrected chi connectivity index (χ4v) is 23.2. The molecule has 0 aromatic heterocycles. The minimum atomic E-state index is -1.19. The number of carboxylic acids is 3. The fraction of sp³-hybridized carbons (Fsp3) is 0.367. The summed E-state index contributed by atoms with van der Waals surface area (Å²) >= 11 is 0. The number of methoxy groups -OCH3 is 1. The molecule has 0 amide bonds. The molecule has 0 bridgehead atoms.